The summed E-state index contributed by atoms with van der Waals surface area (Å²) in [5.41, 5.74) is 0.951. The summed E-state index contributed by atoms with van der Waals surface area (Å²) in [5, 5.41) is 1.05. The van der Waals surface area contributed by atoms with Gasteiger partial charge < -0.3 is 9.15 Å². The average molecular weight is 314 g/mol. The van der Waals surface area contributed by atoms with Crippen molar-refractivity contribution in [3.05, 3.63) is 69.4 Å². The smallest absolute Gasteiger partial charge is 0.347 e. The van der Waals surface area contributed by atoms with E-state index in [4.69, 9.17) is 20.8 Å². The van der Waals surface area contributed by atoms with E-state index in [0.29, 0.717) is 21.7 Å². The van der Waals surface area contributed by atoms with Crippen molar-refractivity contribution in [2.75, 3.05) is 7.11 Å². The maximum absolute atomic E-state index is 11.9. The van der Waals surface area contributed by atoms with E-state index in [-0.39, 0.29) is 5.89 Å². The molecule has 1 heterocycles. The highest BCUT2D eigenvalue weighted by Crippen LogP contribution is 2.24. The molecule has 0 aliphatic rings. The van der Waals surface area contributed by atoms with Gasteiger partial charge in [-0.3, -0.25) is 0 Å². The average Bonchev–Trinajstić information content (AvgIpc) is 2.53. The molecule has 2 aromatic carbocycles. The van der Waals surface area contributed by atoms with E-state index in [1.165, 1.54) is 0 Å². The number of para-hydroxylation sites is 1. The van der Waals surface area contributed by atoms with Crippen molar-refractivity contribution in [3.63, 3.8) is 0 Å². The van der Waals surface area contributed by atoms with Gasteiger partial charge in [0.05, 0.1) is 18.0 Å². The van der Waals surface area contributed by atoms with E-state index < -0.39 is 5.63 Å². The van der Waals surface area contributed by atoms with Crippen LogP contribution in [0, 0.1) is 0 Å². The summed E-state index contributed by atoms with van der Waals surface area (Å²) < 4.78 is 10.4. The van der Waals surface area contributed by atoms with Crippen LogP contribution in [0.2, 0.25) is 5.02 Å². The van der Waals surface area contributed by atoms with Crippen LogP contribution in [0.25, 0.3) is 23.1 Å². The maximum atomic E-state index is 11.9. The molecule has 0 amide bonds. The zero-order chi connectivity index (χ0) is 15.5. The van der Waals surface area contributed by atoms with E-state index in [1.807, 2.05) is 6.07 Å². The molecule has 0 saturated carbocycles. The number of methoxy groups -OCH3 is 1. The highest BCUT2D eigenvalue weighted by Gasteiger charge is 2.04. The second-order valence-electron chi connectivity index (χ2n) is 4.58. The Balaban J connectivity index is 2.03. The van der Waals surface area contributed by atoms with Crippen molar-refractivity contribution in [1.82, 2.24) is 4.98 Å². The van der Waals surface area contributed by atoms with Gasteiger partial charge in [-0.2, -0.15) is 0 Å². The number of nitrogens with zero attached hydrogens (tertiary/aromatic N) is 1. The van der Waals surface area contributed by atoms with Crippen LogP contribution < -0.4 is 10.4 Å². The lowest BCUT2D eigenvalue weighted by molar-refractivity contribution is 0.414. The van der Waals surface area contributed by atoms with Gasteiger partial charge in [-0.15, -0.1) is 0 Å². The Morgan fingerprint density at radius 3 is 2.82 bits per heavy atom. The van der Waals surface area contributed by atoms with Gasteiger partial charge in [0, 0.05) is 16.7 Å². The predicted octanol–water partition coefficient (Wildman–Crippen LogP) is 4.02. The normalized spacial score (nSPS) is 11.2. The molecule has 3 rings (SSSR count). The summed E-state index contributed by atoms with van der Waals surface area (Å²) in [6.45, 7) is 0. The Kier molecular flexibility index (Phi) is 3.94. The van der Waals surface area contributed by atoms with Crippen molar-refractivity contribution >= 4 is 34.7 Å². The summed E-state index contributed by atoms with van der Waals surface area (Å²) in [7, 11) is 1.58. The molecule has 1 aromatic heterocycles. The van der Waals surface area contributed by atoms with Crippen molar-refractivity contribution in [2.45, 2.75) is 0 Å². The molecule has 0 saturated heterocycles. The minimum atomic E-state index is -0.414. The van der Waals surface area contributed by atoms with Crippen LogP contribution in [0.15, 0.2) is 51.7 Å². The number of fused-ring (bicyclic) bond motifs is 1. The van der Waals surface area contributed by atoms with E-state index >= 15 is 0 Å². The molecule has 4 nitrogen and oxygen atoms in total. The number of hydrogen-bond donors (Lipinski definition) is 0. The molecule has 0 unspecified atom stereocenters. The van der Waals surface area contributed by atoms with Crippen LogP contribution in [0.1, 0.15) is 11.5 Å². The molecule has 0 aliphatic carbocycles. The predicted molar refractivity (Wildman–Crippen MR) is 87.2 cm³/mol. The quantitative estimate of drug-likeness (QED) is 0.733. The van der Waals surface area contributed by atoms with E-state index in [0.717, 1.165) is 5.56 Å². The summed E-state index contributed by atoms with van der Waals surface area (Å²) in [6.07, 6.45) is 3.35. The first-order chi connectivity index (χ1) is 10.7. The van der Waals surface area contributed by atoms with Gasteiger partial charge in [-0.1, -0.05) is 23.7 Å². The van der Waals surface area contributed by atoms with Crippen molar-refractivity contribution in [3.8, 4) is 5.75 Å². The molecule has 0 N–H and O–H groups in total. The zero-order valence-corrected chi connectivity index (χ0v) is 12.5. The lowest BCUT2D eigenvalue weighted by Crippen LogP contribution is -2.02. The first-order valence-corrected chi connectivity index (χ1v) is 6.96. The minimum Gasteiger partial charge on any atom is -0.496 e. The summed E-state index contributed by atoms with van der Waals surface area (Å²) >= 11 is 5.98. The molecule has 0 aliphatic heterocycles. The molecular formula is C17H12ClNO3. The van der Waals surface area contributed by atoms with Crippen LogP contribution in [0.5, 0.6) is 5.75 Å². The molecule has 0 bridgehead atoms. The zero-order valence-electron chi connectivity index (χ0n) is 11.7. The molecule has 0 fully saturated rings. The summed E-state index contributed by atoms with van der Waals surface area (Å²) in [6, 6.07) is 12.3. The highest BCUT2D eigenvalue weighted by atomic mass is 35.5. The third-order valence-electron chi connectivity index (χ3n) is 3.15. The molecule has 0 atom stereocenters. The summed E-state index contributed by atoms with van der Waals surface area (Å²) in [5.74, 6) is 0.898. The van der Waals surface area contributed by atoms with Crippen molar-refractivity contribution in [1.29, 1.82) is 0 Å². The fraction of sp³-hybridized carbons (Fsp3) is 0.0588. The first kappa shape index (κ1) is 14.4. The Hall–Kier alpha value is -2.59. The molecule has 22 heavy (non-hydrogen) atoms. The van der Waals surface area contributed by atoms with Crippen molar-refractivity contribution < 1.29 is 9.15 Å². The lowest BCUT2D eigenvalue weighted by atomic mass is 10.2. The Morgan fingerprint density at radius 2 is 2.00 bits per heavy atom. The first-order valence-electron chi connectivity index (χ1n) is 6.59. The van der Waals surface area contributed by atoms with Crippen LogP contribution >= 0.6 is 11.6 Å². The van der Waals surface area contributed by atoms with E-state index in [1.54, 1.807) is 55.7 Å². The Labute approximate surface area is 131 Å². The molecule has 0 radical (unpaired) electrons. The largest absolute Gasteiger partial charge is 0.496 e. The molecule has 3 aromatic rings. The van der Waals surface area contributed by atoms with Gasteiger partial charge >= 0.3 is 5.63 Å². The minimum absolute atomic E-state index is 0.228. The molecule has 5 heteroatoms. The number of halogens is 1. The molecule has 110 valence electrons. The number of aromatic nitrogens is 1. The number of rotatable bonds is 3. The summed E-state index contributed by atoms with van der Waals surface area (Å²) in [4.78, 5) is 16.2. The third-order valence-corrected chi connectivity index (χ3v) is 3.38. The van der Waals surface area contributed by atoms with Gasteiger partial charge in [-0.25, -0.2) is 9.78 Å². The topological polar surface area (TPSA) is 52.3 Å². The van der Waals surface area contributed by atoms with E-state index in [2.05, 4.69) is 4.98 Å². The standard InChI is InChI=1S/C17H12ClNO3/c1-21-15-8-7-12(18)10-11(15)6-9-16-19-14-5-3-2-4-13(14)17(20)22-16/h2-10H,1H3. The maximum Gasteiger partial charge on any atom is 0.347 e. The van der Waals surface area contributed by atoms with Crippen LogP contribution in [0.4, 0.5) is 0 Å². The van der Waals surface area contributed by atoms with Crippen molar-refractivity contribution in [2.24, 2.45) is 0 Å². The molecular weight excluding hydrogens is 302 g/mol. The van der Waals surface area contributed by atoms with Gasteiger partial charge in [-0.05, 0) is 36.4 Å². The lowest BCUT2D eigenvalue weighted by Gasteiger charge is -2.04. The second kappa shape index (κ2) is 6.03. The SMILES string of the molecule is COc1ccc(Cl)cc1C=Cc1nc2ccccc2c(=O)o1. The number of benzene rings is 2. The number of hydrogen-bond acceptors (Lipinski definition) is 4. The Morgan fingerprint density at radius 1 is 1.18 bits per heavy atom. The third kappa shape index (κ3) is 2.87. The van der Waals surface area contributed by atoms with Gasteiger partial charge in [0.1, 0.15) is 5.75 Å². The van der Waals surface area contributed by atoms with Gasteiger partial charge in [0.2, 0.25) is 5.89 Å². The van der Waals surface area contributed by atoms with Crippen LogP contribution in [-0.4, -0.2) is 12.1 Å². The highest BCUT2D eigenvalue weighted by molar-refractivity contribution is 6.30. The monoisotopic (exact) mass is 313 g/mol. The van der Waals surface area contributed by atoms with E-state index in [9.17, 15) is 4.79 Å². The number of ether oxygens (including phenoxy) is 1. The van der Waals surface area contributed by atoms with Crippen LogP contribution in [-0.2, 0) is 0 Å². The molecule has 0 spiro atoms. The van der Waals surface area contributed by atoms with Gasteiger partial charge in [0.25, 0.3) is 0 Å². The fourth-order valence-electron chi connectivity index (χ4n) is 2.10. The van der Waals surface area contributed by atoms with Crippen LogP contribution in [0.3, 0.4) is 0 Å². The van der Waals surface area contributed by atoms with Gasteiger partial charge in [0.15, 0.2) is 0 Å². The Bertz CT molecular complexity index is 915. The second-order valence-corrected chi connectivity index (χ2v) is 5.01. The fourth-order valence-corrected chi connectivity index (χ4v) is 2.28.